The number of anilines is 1. The fourth-order valence-electron chi connectivity index (χ4n) is 1.14. The molecule has 2 N–H and O–H groups in total. The van der Waals surface area contributed by atoms with E-state index in [1.807, 2.05) is 0 Å². The summed E-state index contributed by atoms with van der Waals surface area (Å²) in [6.07, 6.45) is -0.0655. The average Bonchev–Trinajstić information content (AvgIpc) is 2.20. The fourth-order valence-corrected chi connectivity index (χ4v) is 1.14. The molecule has 0 aliphatic heterocycles. The summed E-state index contributed by atoms with van der Waals surface area (Å²) in [7, 11) is 1.25. The summed E-state index contributed by atoms with van der Waals surface area (Å²) in [5, 5.41) is 10.5. The van der Waals surface area contributed by atoms with Crippen molar-refractivity contribution in [2.75, 3.05) is 12.8 Å². The third-order valence-electron chi connectivity index (χ3n) is 1.93. The van der Waals surface area contributed by atoms with Gasteiger partial charge >= 0.3 is 5.97 Å². The number of rotatable bonds is 3. The van der Waals surface area contributed by atoms with E-state index in [9.17, 15) is 14.9 Å². The molecule has 6 nitrogen and oxygen atoms in total. The smallest absolute Gasteiger partial charge is 0.310 e. The van der Waals surface area contributed by atoms with Crippen LogP contribution in [0, 0.1) is 10.1 Å². The summed E-state index contributed by atoms with van der Waals surface area (Å²) < 4.78 is 4.45. The highest BCUT2D eigenvalue weighted by atomic mass is 16.6. The molecule has 0 saturated heterocycles. The number of benzene rings is 1. The number of ether oxygens (including phenoxy) is 1. The molecular weight excluding hydrogens is 200 g/mol. The van der Waals surface area contributed by atoms with E-state index in [2.05, 4.69) is 4.74 Å². The largest absolute Gasteiger partial charge is 0.469 e. The number of nitrogen functional groups attached to an aromatic ring is 1. The van der Waals surface area contributed by atoms with Gasteiger partial charge in [-0.2, -0.15) is 0 Å². The van der Waals surface area contributed by atoms with Crippen molar-refractivity contribution in [2.45, 2.75) is 6.42 Å². The van der Waals surface area contributed by atoms with Gasteiger partial charge < -0.3 is 10.5 Å². The molecule has 0 amide bonds. The Labute approximate surface area is 85.8 Å². The van der Waals surface area contributed by atoms with Crippen molar-refractivity contribution in [3.63, 3.8) is 0 Å². The molecule has 6 heteroatoms. The standard InChI is InChI=1S/C9H10N2O4/c1-15-8(12)5-6-3-2-4-7(9(6)10)11(13)14/h2-4H,5,10H2,1H3. The van der Waals surface area contributed by atoms with Crippen LogP contribution >= 0.6 is 0 Å². The van der Waals surface area contributed by atoms with Gasteiger partial charge in [0.15, 0.2) is 0 Å². The van der Waals surface area contributed by atoms with Gasteiger partial charge in [0.05, 0.1) is 18.5 Å². The molecule has 1 aromatic rings. The van der Waals surface area contributed by atoms with Crippen LogP contribution in [-0.2, 0) is 16.0 Å². The third-order valence-corrected chi connectivity index (χ3v) is 1.93. The monoisotopic (exact) mass is 210 g/mol. The quantitative estimate of drug-likeness (QED) is 0.346. The number of nitrogens with zero attached hydrogens (tertiary/aromatic N) is 1. The first-order valence-corrected chi connectivity index (χ1v) is 4.15. The van der Waals surface area contributed by atoms with Gasteiger partial charge in [-0.25, -0.2) is 0 Å². The molecule has 1 aromatic carbocycles. The Kier molecular flexibility index (Phi) is 3.22. The molecule has 0 aliphatic rings. The van der Waals surface area contributed by atoms with Crippen LogP contribution < -0.4 is 5.73 Å². The van der Waals surface area contributed by atoms with Gasteiger partial charge in [0.25, 0.3) is 5.69 Å². The predicted molar refractivity (Wildman–Crippen MR) is 53.2 cm³/mol. The number of nitrogens with two attached hydrogens (primary N) is 1. The van der Waals surface area contributed by atoms with E-state index >= 15 is 0 Å². The first-order chi connectivity index (χ1) is 7.06. The molecule has 0 unspecified atom stereocenters. The van der Waals surface area contributed by atoms with Crippen molar-refractivity contribution >= 4 is 17.3 Å². The maximum Gasteiger partial charge on any atom is 0.310 e. The molecule has 0 heterocycles. The van der Waals surface area contributed by atoms with Gasteiger partial charge in [-0.3, -0.25) is 14.9 Å². The van der Waals surface area contributed by atoms with E-state index in [1.54, 1.807) is 6.07 Å². The second kappa shape index (κ2) is 4.41. The lowest BCUT2D eigenvalue weighted by Gasteiger charge is -2.04. The number of hydrogen-bond donors (Lipinski definition) is 1. The molecule has 80 valence electrons. The molecule has 1 rings (SSSR count). The fraction of sp³-hybridized carbons (Fsp3) is 0.222. The predicted octanol–water partition coefficient (Wildman–Crippen LogP) is 0.892. The molecular formula is C9H10N2O4. The zero-order chi connectivity index (χ0) is 11.4. The van der Waals surface area contributed by atoms with Crippen LogP contribution in [0.5, 0.6) is 0 Å². The second-order valence-electron chi connectivity index (χ2n) is 2.86. The van der Waals surface area contributed by atoms with E-state index in [4.69, 9.17) is 5.73 Å². The van der Waals surface area contributed by atoms with Crippen molar-refractivity contribution in [1.29, 1.82) is 0 Å². The van der Waals surface area contributed by atoms with Gasteiger partial charge in [0, 0.05) is 6.07 Å². The number of hydrogen-bond acceptors (Lipinski definition) is 5. The van der Waals surface area contributed by atoms with Gasteiger partial charge in [-0.05, 0) is 5.56 Å². The minimum absolute atomic E-state index is 0.00731. The Hall–Kier alpha value is -2.11. The molecule has 0 spiro atoms. The highest BCUT2D eigenvalue weighted by molar-refractivity contribution is 5.77. The zero-order valence-electron chi connectivity index (χ0n) is 8.10. The molecule has 15 heavy (non-hydrogen) atoms. The first-order valence-electron chi connectivity index (χ1n) is 4.15. The normalized spacial score (nSPS) is 9.67. The molecule has 0 aromatic heterocycles. The molecule has 0 radical (unpaired) electrons. The Morgan fingerprint density at radius 3 is 2.80 bits per heavy atom. The number of methoxy groups -OCH3 is 1. The molecule has 0 bridgehead atoms. The van der Waals surface area contributed by atoms with Crippen molar-refractivity contribution in [3.8, 4) is 0 Å². The summed E-state index contributed by atoms with van der Waals surface area (Å²) in [5.74, 6) is -0.484. The highest BCUT2D eigenvalue weighted by Crippen LogP contribution is 2.25. The number of nitro benzene ring substituents is 1. The van der Waals surface area contributed by atoms with Crippen molar-refractivity contribution in [2.24, 2.45) is 0 Å². The van der Waals surface area contributed by atoms with E-state index in [1.165, 1.54) is 19.2 Å². The van der Waals surface area contributed by atoms with Gasteiger partial charge in [0.2, 0.25) is 0 Å². The van der Waals surface area contributed by atoms with Crippen molar-refractivity contribution < 1.29 is 14.5 Å². The van der Waals surface area contributed by atoms with E-state index in [0.29, 0.717) is 5.56 Å². The lowest BCUT2D eigenvalue weighted by molar-refractivity contribution is -0.383. The van der Waals surface area contributed by atoms with E-state index in [0.717, 1.165) is 0 Å². The summed E-state index contributed by atoms with van der Waals surface area (Å²) in [5.41, 5.74) is 5.75. The summed E-state index contributed by atoms with van der Waals surface area (Å²) in [4.78, 5) is 20.9. The maximum atomic E-state index is 11.0. The zero-order valence-corrected chi connectivity index (χ0v) is 8.10. The SMILES string of the molecule is COC(=O)Cc1cccc([N+](=O)[O-])c1N. The van der Waals surface area contributed by atoms with Crippen LogP contribution in [0.25, 0.3) is 0 Å². The number of carbonyl (C=O) groups excluding carboxylic acids is 1. The third kappa shape index (κ3) is 2.43. The molecule has 0 atom stereocenters. The molecule has 0 aliphatic carbocycles. The lowest BCUT2D eigenvalue weighted by Crippen LogP contribution is -2.08. The minimum Gasteiger partial charge on any atom is -0.469 e. The van der Waals surface area contributed by atoms with Crippen molar-refractivity contribution in [1.82, 2.24) is 0 Å². The highest BCUT2D eigenvalue weighted by Gasteiger charge is 2.16. The Balaban J connectivity index is 3.04. The van der Waals surface area contributed by atoms with Crippen LogP contribution in [0.15, 0.2) is 18.2 Å². The Morgan fingerprint density at radius 2 is 2.27 bits per heavy atom. The summed E-state index contributed by atoms with van der Waals surface area (Å²) in [6, 6.07) is 4.32. The summed E-state index contributed by atoms with van der Waals surface area (Å²) >= 11 is 0. The molecule has 0 saturated carbocycles. The van der Waals surface area contributed by atoms with Gasteiger partial charge in [0.1, 0.15) is 5.69 Å². The number of para-hydroxylation sites is 1. The number of nitro groups is 1. The Bertz CT molecular complexity index is 403. The lowest BCUT2D eigenvalue weighted by atomic mass is 10.1. The van der Waals surface area contributed by atoms with Crippen LogP contribution in [0.4, 0.5) is 11.4 Å². The minimum atomic E-state index is -0.587. The van der Waals surface area contributed by atoms with Crippen molar-refractivity contribution in [3.05, 3.63) is 33.9 Å². The van der Waals surface area contributed by atoms with Crippen LogP contribution in [-0.4, -0.2) is 18.0 Å². The maximum absolute atomic E-state index is 11.0. The van der Waals surface area contributed by atoms with E-state index < -0.39 is 10.9 Å². The van der Waals surface area contributed by atoms with Crippen LogP contribution in [0.1, 0.15) is 5.56 Å². The average molecular weight is 210 g/mol. The summed E-state index contributed by atoms with van der Waals surface area (Å²) in [6.45, 7) is 0. The van der Waals surface area contributed by atoms with Crippen LogP contribution in [0.2, 0.25) is 0 Å². The molecule has 0 fully saturated rings. The number of esters is 1. The number of carbonyl (C=O) groups is 1. The van der Waals surface area contributed by atoms with Gasteiger partial charge in [-0.15, -0.1) is 0 Å². The Morgan fingerprint density at radius 1 is 1.60 bits per heavy atom. The van der Waals surface area contributed by atoms with E-state index in [-0.39, 0.29) is 17.8 Å². The first kappa shape index (κ1) is 11.0. The van der Waals surface area contributed by atoms with Crippen LogP contribution in [0.3, 0.4) is 0 Å². The second-order valence-corrected chi connectivity index (χ2v) is 2.86. The topological polar surface area (TPSA) is 95.5 Å². The van der Waals surface area contributed by atoms with Gasteiger partial charge in [-0.1, -0.05) is 12.1 Å².